The molecule has 1 N–H and O–H groups in total. The molecule has 0 aliphatic carbocycles. The summed E-state index contributed by atoms with van der Waals surface area (Å²) in [6.07, 6.45) is 3.19. The molecule has 0 fully saturated rings. The van der Waals surface area contributed by atoms with Crippen molar-refractivity contribution in [2.24, 2.45) is 0 Å². The van der Waals surface area contributed by atoms with Crippen LogP contribution >= 0.6 is 11.3 Å². The smallest absolute Gasteiger partial charge is 0.287 e. The van der Waals surface area contributed by atoms with E-state index in [-0.39, 0.29) is 17.7 Å². The van der Waals surface area contributed by atoms with E-state index >= 15 is 0 Å². The summed E-state index contributed by atoms with van der Waals surface area (Å²) < 4.78 is 5.55. The number of fused-ring (bicyclic) bond motifs is 1. The molecule has 128 valence electrons. The Morgan fingerprint density at radius 2 is 2.00 bits per heavy atom. The van der Waals surface area contributed by atoms with Gasteiger partial charge in [-0.3, -0.25) is 19.6 Å². The minimum Gasteiger partial charge on any atom is -0.451 e. The highest BCUT2D eigenvalue weighted by atomic mass is 32.1. The molecule has 0 aliphatic heterocycles. The van der Waals surface area contributed by atoms with E-state index in [0.717, 1.165) is 5.56 Å². The minimum absolute atomic E-state index is 0.0327. The van der Waals surface area contributed by atoms with Crippen LogP contribution in [-0.2, 0) is 6.54 Å². The first-order valence-corrected chi connectivity index (χ1v) is 8.80. The second kappa shape index (κ2) is 6.89. The van der Waals surface area contributed by atoms with Gasteiger partial charge in [0.15, 0.2) is 11.2 Å². The molecule has 0 radical (unpaired) electrons. The molecule has 1 aromatic carbocycles. The van der Waals surface area contributed by atoms with Gasteiger partial charge in [0.25, 0.3) is 5.91 Å². The summed E-state index contributed by atoms with van der Waals surface area (Å²) in [5, 5.41) is 7.11. The van der Waals surface area contributed by atoms with Gasteiger partial charge in [-0.15, -0.1) is 0 Å². The number of rotatable bonds is 4. The highest BCUT2D eigenvalue weighted by Crippen LogP contribution is 2.22. The largest absolute Gasteiger partial charge is 0.451 e. The number of nitrogens with zero attached hydrogens (tertiary/aromatic N) is 2. The number of hydrogen-bond donors (Lipinski definition) is 1. The molecule has 0 spiro atoms. The molecule has 0 unspecified atom stereocenters. The molecule has 4 aromatic rings. The van der Waals surface area contributed by atoms with Crippen molar-refractivity contribution >= 4 is 28.2 Å². The van der Waals surface area contributed by atoms with Crippen LogP contribution in [0.15, 0.2) is 68.8 Å². The van der Waals surface area contributed by atoms with Crippen LogP contribution in [0.1, 0.15) is 16.2 Å². The van der Waals surface area contributed by atoms with E-state index in [2.05, 4.69) is 15.3 Å². The molecule has 0 saturated carbocycles. The van der Waals surface area contributed by atoms with Crippen LogP contribution in [0.3, 0.4) is 0 Å². The third kappa shape index (κ3) is 3.12. The van der Waals surface area contributed by atoms with Crippen molar-refractivity contribution in [3.8, 4) is 11.3 Å². The Kier molecular flexibility index (Phi) is 4.28. The number of aromatic nitrogens is 2. The zero-order valence-electron chi connectivity index (χ0n) is 13.5. The maximum absolute atomic E-state index is 12.4. The predicted octanol–water partition coefficient (Wildman–Crippen LogP) is 3.24. The Labute approximate surface area is 152 Å². The Bertz CT molecular complexity index is 1140. The van der Waals surface area contributed by atoms with Gasteiger partial charge in [0, 0.05) is 29.4 Å². The summed E-state index contributed by atoms with van der Waals surface area (Å²) in [6.45, 7) is 0.175. The van der Waals surface area contributed by atoms with E-state index in [1.54, 1.807) is 48.0 Å². The Hall–Kier alpha value is -3.32. The van der Waals surface area contributed by atoms with Crippen molar-refractivity contribution in [1.29, 1.82) is 0 Å². The van der Waals surface area contributed by atoms with Gasteiger partial charge < -0.3 is 9.73 Å². The molecular formula is C19H13N3O3S. The minimum atomic E-state index is -0.477. The second-order valence-electron chi connectivity index (χ2n) is 5.52. The van der Waals surface area contributed by atoms with Gasteiger partial charge in [0.05, 0.1) is 23.3 Å². The summed E-state index contributed by atoms with van der Waals surface area (Å²) in [7, 11) is 0. The summed E-state index contributed by atoms with van der Waals surface area (Å²) in [5.41, 5.74) is 2.43. The number of carbonyl (C=O) groups is 1. The molecular weight excluding hydrogens is 350 g/mol. The Morgan fingerprint density at radius 1 is 1.15 bits per heavy atom. The van der Waals surface area contributed by atoms with Crippen molar-refractivity contribution < 1.29 is 9.21 Å². The van der Waals surface area contributed by atoms with Crippen LogP contribution in [-0.4, -0.2) is 15.9 Å². The fraction of sp³-hybridized carbons (Fsp3) is 0.0526. The second-order valence-corrected chi connectivity index (χ2v) is 6.30. The predicted molar refractivity (Wildman–Crippen MR) is 99.0 cm³/mol. The lowest BCUT2D eigenvalue weighted by Gasteiger charge is -2.08. The van der Waals surface area contributed by atoms with E-state index in [0.29, 0.717) is 22.4 Å². The molecule has 1 amide bonds. The first-order chi connectivity index (χ1) is 12.7. The van der Waals surface area contributed by atoms with Crippen molar-refractivity contribution in [3.63, 3.8) is 0 Å². The number of benzene rings is 1. The molecule has 0 bridgehead atoms. The van der Waals surface area contributed by atoms with Crippen molar-refractivity contribution in [1.82, 2.24) is 15.3 Å². The summed E-state index contributed by atoms with van der Waals surface area (Å²) in [4.78, 5) is 33.2. The number of para-hydroxylation sites is 1. The zero-order chi connectivity index (χ0) is 17.9. The van der Waals surface area contributed by atoms with E-state index in [4.69, 9.17) is 4.42 Å². The molecule has 26 heavy (non-hydrogen) atoms. The van der Waals surface area contributed by atoms with E-state index in [9.17, 15) is 9.59 Å². The lowest BCUT2D eigenvalue weighted by Crippen LogP contribution is -2.25. The van der Waals surface area contributed by atoms with Crippen molar-refractivity contribution in [3.05, 3.63) is 81.2 Å². The number of amides is 1. The molecule has 0 atom stereocenters. The topological polar surface area (TPSA) is 85.1 Å². The van der Waals surface area contributed by atoms with Crippen LogP contribution in [0.25, 0.3) is 22.2 Å². The molecule has 6 nitrogen and oxygen atoms in total. The summed E-state index contributed by atoms with van der Waals surface area (Å²) in [6, 6.07) is 9.97. The Balaban J connectivity index is 1.58. The first-order valence-electron chi connectivity index (χ1n) is 7.86. The van der Waals surface area contributed by atoms with Crippen LogP contribution in [0.4, 0.5) is 0 Å². The lowest BCUT2D eigenvalue weighted by atomic mass is 10.2. The summed E-state index contributed by atoms with van der Waals surface area (Å²) in [5.74, 6) is -0.510. The van der Waals surface area contributed by atoms with Gasteiger partial charge in [-0.05, 0) is 23.6 Å². The van der Waals surface area contributed by atoms with Gasteiger partial charge in [0.1, 0.15) is 5.58 Å². The monoisotopic (exact) mass is 363 g/mol. The average molecular weight is 363 g/mol. The maximum Gasteiger partial charge on any atom is 0.287 e. The number of thiophene rings is 1. The van der Waals surface area contributed by atoms with Crippen LogP contribution in [0.2, 0.25) is 0 Å². The van der Waals surface area contributed by atoms with E-state index in [1.807, 2.05) is 16.8 Å². The third-order valence-corrected chi connectivity index (χ3v) is 4.53. The van der Waals surface area contributed by atoms with Gasteiger partial charge >= 0.3 is 0 Å². The average Bonchev–Trinajstić information content (AvgIpc) is 3.21. The van der Waals surface area contributed by atoms with Crippen LogP contribution < -0.4 is 10.7 Å². The standard InChI is InChI=1S/C19H13N3O3S/c23-15-9-17(25-16-4-2-1-3-13(15)16)19(24)22-10-14-18(21-7-6-20-14)12-5-8-26-11-12/h1-9,11H,10H2,(H,22,24). The molecule has 0 aliphatic rings. The third-order valence-electron chi connectivity index (χ3n) is 3.84. The van der Waals surface area contributed by atoms with Crippen molar-refractivity contribution in [2.45, 2.75) is 6.54 Å². The van der Waals surface area contributed by atoms with Gasteiger partial charge in [0.2, 0.25) is 0 Å². The molecule has 7 heteroatoms. The molecule has 0 saturated heterocycles. The number of hydrogen-bond acceptors (Lipinski definition) is 6. The molecule has 3 heterocycles. The lowest BCUT2D eigenvalue weighted by molar-refractivity contribution is 0.0923. The van der Waals surface area contributed by atoms with Crippen LogP contribution in [0.5, 0.6) is 0 Å². The zero-order valence-corrected chi connectivity index (χ0v) is 14.3. The molecule has 4 rings (SSSR count). The van der Waals surface area contributed by atoms with Gasteiger partial charge in [-0.2, -0.15) is 11.3 Å². The Morgan fingerprint density at radius 3 is 2.85 bits per heavy atom. The van der Waals surface area contributed by atoms with Crippen molar-refractivity contribution in [2.75, 3.05) is 0 Å². The quantitative estimate of drug-likeness (QED) is 0.602. The van der Waals surface area contributed by atoms with E-state index < -0.39 is 5.91 Å². The summed E-state index contributed by atoms with van der Waals surface area (Å²) >= 11 is 1.56. The highest BCUT2D eigenvalue weighted by Gasteiger charge is 2.14. The normalized spacial score (nSPS) is 10.8. The fourth-order valence-electron chi connectivity index (χ4n) is 2.60. The number of carbonyl (C=O) groups excluding carboxylic acids is 1. The maximum atomic E-state index is 12.4. The fourth-order valence-corrected chi connectivity index (χ4v) is 3.24. The number of nitrogens with one attached hydrogen (secondary N) is 1. The van der Waals surface area contributed by atoms with Gasteiger partial charge in [-0.1, -0.05) is 12.1 Å². The molecule has 3 aromatic heterocycles. The SMILES string of the molecule is O=C(NCc1nccnc1-c1ccsc1)c1cc(=O)c2ccccc2o1. The van der Waals surface area contributed by atoms with E-state index in [1.165, 1.54) is 6.07 Å². The van der Waals surface area contributed by atoms with Gasteiger partial charge in [-0.25, -0.2) is 0 Å². The first kappa shape index (κ1) is 16.2. The van der Waals surface area contributed by atoms with Crippen LogP contribution in [0, 0.1) is 0 Å². The highest BCUT2D eigenvalue weighted by molar-refractivity contribution is 7.08.